The molecule has 0 atom stereocenters. The SMILES string of the molecule is N#Cc1cc(Cl)cc(Oc2cncn(Cc3cc(-c4ccc(F)cc4)c(=O)[nH]n3)c2=O)c1. The van der Waals surface area contributed by atoms with Crippen LogP contribution in [-0.2, 0) is 6.54 Å². The number of nitriles is 1. The van der Waals surface area contributed by atoms with Crippen molar-refractivity contribution < 1.29 is 9.13 Å². The lowest BCUT2D eigenvalue weighted by atomic mass is 10.1. The van der Waals surface area contributed by atoms with Crippen LogP contribution in [-0.4, -0.2) is 19.7 Å². The zero-order valence-electron chi connectivity index (χ0n) is 16.3. The first-order chi connectivity index (χ1) is 15.4. The smallest absolute Gasteiger partial charge is 0.296 e. The van der Waals surface area contributed by atoms with Crippen molar-refractivity contribution in [3.63, 3.8) is 0 Å². The standard InChI is InChI=1S/C22H13ClFN5O3/c23-15-5-13(9-25)6-18(7-15)32-20-10-26-12-29(22(20)31)11-17-8-19(21(30)28-27-17)14-1-3-16(24)4-2-14/h1-8,10,12H,11H2,(H,28,30). The van der Waals surface area contributed by atoms with Crippen molar-refractivity contribution in [2.75, 3.05) is 0 Å². The molecular weight excluding hydrogens is 437 g/mol. The Hall–Kier alpha value is -4.29. The second kappa shape index (κ2) is 8.83. The van der Waals surface area contributed by atoms with Gasteiger partial charge in [-0.2, -0.15) is 10.4 Å². The molecule has 4 aromatic rings. The van der Waals surface area contributed by atoms with Gasteiger partial charge >= 0.3 is 0 Å². The molecule has 0 bridgehead atoms. The lowest BCUT2D eigenvalue weighted by Gasteiger charge is -2.09. The van der Waals surface area contributed by atoms with Crippen LogP contribution < -0.4 is 15.9 Å². The average molecular weight is 450 g/mol. The number of benzene rings is 2. The van der Waals surface area contributed by atoms with E-state index in [1.165, 1.54) is 65.6 Å². The molecule has 0 saturated carbocycles. The average Bonchev–Trinajstić information content (AvgIpc) is 2.78. The third-order valence-corrected chi connectivity index (χ3v) is 4.66. The third kappa shape index (κ3) is 4.55. The highest BCUT2D eigenvalue weighted by molar-refractivity contribution is 6.30. The molecule has 0 radical (unpaired) electrons. The van der Waals surface area contributed by atoms with Gasteiger partial charge in [-0.25, -0.2) is 14.5 Å². The van der Waals surface area contributed by atoms with Gasteiger partial charge in [0.25, 0.3) is 11.1 Å². The van der Waals surface area contributed by atoms with Crippen molar-refractivity contribution in [3.05, 3.63) is 104 Å². The highest BCUT2D eigenvalue weighted by Gasteiger charge is 2.11. The maximum atomic E-state index is 13.2. The Labute approximate surface area is 185 Å². The van der Waals surface area contributed by atoms with Crippen molar-refractivity contribution in [1.82, 2.24) is 19.7 Å². The molecule has 0 unspecified atom stereocenters. The van der Waals surface area contributed by atoms with E-state index in [1.807, 2.05) is 6.07 Å². The van der Waals surface area contributed by atoms with Gasteiger partial charge in [0.15, 0.2) is 0 Å². The Bertz CT molecular complexity index is 1460. The van der Waals surface area contributed by atoms with Gasteiger partial charge in [-0.05, 0) is 42.0 Å². The minimum atomic E-state index is -0.505. The van der Waals surface area contributed by atoms with Crippen LogP contribution in [0, 0.1) is 17.1 Å². The van der Waals surface area contributed by atoms with E-state index in [2.05, 4.69) is 15.2 Å². The molecule has 0 amide bonds. The molecule has 4 rings (SSSR count). The van der Waals surface area contributed by atoms with E-state index in [-0.39, 0.29) is 34.2 Å². The fourth-order valence-corrected chi connectivity index (χ4v) is 3.20. The van der Waals surface area contributed by atoms with Crippen LogP contribution >= 0.6 is 11.6 Å². The summed E-state index contributed by atoms with van der Waals surface area (Å²) in [5.41, 5.74) is 0.494. The largest absolute Gasteiger partial charge is 0.450 e. The first kappa shape index (κ1) is 21.0. The molecule has 32 heavy (non-hydrogen) atoms. The summed E-state index contributed by atoms with van der Waals surface area (Å²) in [6.07, 6.45) is 2.55. The Morgan fingerprint density at radius 1 is 1.16 bits per heavy atom. The van der Waals surface area contributed by atoms with Crippen molar-refractivity contribution >= 4 is 11.6 Å². The van der Waals surface area contributed by atoms with Crippen molar-refractivity contribution in [2.24, 2.45) is 0 Å². The molecule has 0 aliphatic heterocycles. The number of rotatable bonds is 5. The van der Waals surface area contributed by atoms with Gasteiger partial charge in [0.2, 0.25) is 5.75 Å². The van der Waals surface area contributed by atoms with Crippen LogP contribution in [0.3, 0.4) is 0 Å². The molecule has 0 aliphatic rings. The Balaban J connectivity index is 1.64. The molecule has 2 aromatic carbocycles. The summed E-state index contributed by atoms with van der Waals surface area (Å²) >= 11 is 5.97. The summed E-state index contributed by atoms with van der Waals surface area (Å²) in [6.45, 7) is -0.00695. The number of aromatic nitrogens is 4. The fraction of sp³-hybridized carbons (Fsp3) is 0.0455. The van der Waals surface area contributed by atoms with Gasteiger partial charge in [-0.1, -0.05) is 23.7 Å². The molecule has 0 spiro atoms. The minimum absolute atomic E-state index is 0.00695. The Kier molecular flexibility index (Phi) is 5.79. The molecule has 0 fully saturated rings. The number of nitrogens with zero attached hydrogens (tertiary/aromatic N) is 4. The van der Waals surface area contributed by atoms with Crippen LogP contribution in [0.15, 0.2) is 70.6 Å². The summed E-state index contributed by atoms with van der Waals surface area (Å²) in [6, 6.07) is 13.3. The van der Waals surface area contributed by atoms with E-state index in [9.17, 15) is 14.0 Å². The molecule has 1 N–H and O–H groups in total. The van der Waals surface area contributed by atoms with Crippen LogP contribution in [0.25, 0.3) is 11.1 Å². The predicted molar refractivity (Wildman–Crippen MR) is 114 cm³/mol. The van der Waals surface area contributed by atoms with Crippen molar-refractivity contribution in [2.45, 2.75) is 6.54 Å². The molecular formula is C22H13ClFN5O3. The summed E-state index contributed by atoms with van der Waals surface area (Å²) in [4.78, 5) is 29.0. The minimum Gasteiger partial charge on any atom is -0.450 e. The molecule has 10 heteroatoms. The number of halogens is 2. The number of aromatic amines is 1. The number of H-pyrrole nitrogens is 1. The summed E-state index contributed by atoms with van der Waals surface area (Å²) in [5, 5.41) is 15.7. The van der Waals surface area contributed by atoms with Gasteiger partial charge in [0.05, 0.1) is 42.0 Å². The first-order valence-corrected chi connectivity index (χ1v) is 9.58. The van der Waals surface area contributed by atoms with E-state index < -0.39 is 16.9 Å². The maximum Gasteiger partial charge on any atom is 0.296 e. The Morgan fingerprint density at radius 3 is 2.69 bits per heavy atom. The van der Waals surface area contributed by atoms with Gasteiger partial charge in [-0.3, -0.25) is 14.2 Å². The second-order valence-electron chi connectivity index (χ2n) is 6.69. The third-order valence-electron chi connectivity index (χ3n) is 4.44. The molecule has 2 aromatic heterocycles. The summed E-state index contributed by atoms with van der Waals surface area (Å²) in [7, 11) is 0. The van der Waals surface area contributed by atoms with Gasteiger partial charge < -0.3 is 4.74 Å². The van der Waals surface area contributed by atoms with E-state index in [1.54, 1.807) is 0 Å². The van der Waals surface area contributed by atoms with Gasteiger partial charge in [0.1, 0.15) is 11.6 Å². The Morgan fingerprint density at radius 2 is 1.94 bits per heavy atom. The van der Waals surface area contributed by atoms with Crippen LogP contribution in [0.5, 0.6) is 11.5 Å². The van der Waals surface area contributed by atoms with Crippen LogP contribution in [0.2, 0.25) is 5.02 Å². The predicted octanol–water partition coefficient (Wildman–Crippen LogP) is 3.50. The molecule has 158 valence electrons. The first-order valence-electron chi connectivity index (χ1n) is 9.20. The zero-order chi connectivity index (χ0) is 22.7. The highest BCUT2D eigenvalue weighted by Crippen LogP contribution is 2.24. The fourth-order valence-electron chi connectivity index (χ4n) is 2.97. The zero-order valence-corrected chi connectivity index (χ0v) is 17.0. The van der Waals surface area contributed by atoms with Gasteiger partial charge in [-0.15, -0.1) is 0 Å². The number of hydrogen-bond donors (Lipinski definition) is 1. The van der Waals surface area contributed by atoms with E-state index in [0.29, 0.717) is 11.3 Å². The second-order valence-corrected chi connectivity index (χ2v) is 7.13. The molecule has 8 nitrogen and oxygen atoms in total. The quantitative estimate of drug-likeness (QED) is 0.499. The normalized spacial score (nSPS) is 10.5. The van der Waals surface area contributed by atoms with Crippen molar-refractivity contribution in [3.8, 4) is 28.7 Å². The van der Waals surface area contributed by atoms with E-state index >= 15 is 0 Å². The monoisotopic (exact) mass is 449 g/mol. The van der Waals surface area contributed by atoms with Crippen molar-refractivity contribution in [1.29, 1.82) is 5.26 Å². The van der Waals surface area contributed by atoms with E-state index in [0.717, 1.165) is 0 Å². The summed E-state index contributed by atoms with van der Waals surface area (Å²) in [5.74, 6) is -0.288. The highest BCUT2D eigenvalue weighted by atomic mass is 35.5. The summed E-state index contributed by atoms with van der Waals surface area (Å²) < 4.78 is 20.0. The molecule has 0 aliphatic carbocycles. The topological polar surface area (TPSA) is 114 Å². The van der Waals surface area contributed by atoms with Crippen LogP contribution in [0.1, 0.15) is 11.3 Å². The number of ether oxygens (including phenoxy) is 1. The number of hydrogen-bond acceptors (Lipinski definition) is 6. The van der Waals surface area contributed by atoms with Crippen LogP contribution in [0.4, 0.5) is 4.39 Å². The lowest BCUT2D eigenvalue weighted by molar-refractivity contribution is 0.463. The molecule has 0 saturated heterocycles. The number of nitrogens with one attached hydrogen (secondary N) is 1. The van der Waals surface area contributed by atoms with Gasteiger partial charge in [0, 0.05) is 5.02 Å². The van der Waals surface area contributed by atoms with E-state index in [4.69, 9.17) is 21.6 Å². The maximum absolute atomic E-state index is 13.2. The molecule has 2 heterocycles. The lowest BCUT2D eigenvalue weighted by Crippen LogP contribution is -2.23.